The summed E-state index contributed by atoms with van der Waals surface area (Å²) >= 11 is 2.24. The topological polar surface area (TPSA) is 63.8 Å². The van der Waals surface area contributed by atoms with Gasteiger partial charge in [0.15, 0.2) is 0 Å². The zero-order chi connectivity index (χ0) is 10.8. The largest absolute Gasteiger partial charge is 0.384 e. The van der Waals surface area contributed by atoms with Gasteiger partial charge >= 0.3 is 0 Å². The summed E-state index contributed by atoms with van der Waals surface area (Å²) in [7, 11) is 0. The first-order chi connectivity index (χ1) is 7.15. The lowest BCUT2D eigenvalue weighted by Crippen LogP contribution is -2.16. The van der Waals surface area contributed by atoms with E-state index in [9.17, 15) is 4.79 Å². The van der Waals surface area contributed by atoms with Crippen molar-refractivity contribution in [1.82, 2.24) is 9.78 Å². The molecular formula is C10H10IN3O. The lowest BCUT2D eigenvalue weighted by molar-refractivity contribution is 0.666. The second kappa shape index (κ2) is 4.09. The lowest BCUT2D eigenvalue weighted by atomic mass is 10.2. The van der Waals surface area contributed by atoms with Crippen LogP contribution < -0.4 is 11.3 Å². The third-order valence-corrected chi connectivity index (χ3v) is 2.71. The molecule has 0 bridgehead atoms. The average Bonchev–Trinajstić information content (AvgIpc) is 2.45. The second-order valence-corrected chi connectivity index (χ2v) is 4.51. The summed E-state index contributed by atoms with van der Waals surface area (Å²) in [6.45, 7) is 0.521. The SMILES string of the molecule is Nc1cc(=O)n(Cc2cccc(I)c2)[nH]1. The summed E-state index contributed by atoms with van der Waals surface area (Å²) in [5, 5.41) is 2.79. The molecule has 78 valence electrons. The van der Waals surface area contributed by atoms with Gasteiger partial charge in [-0.3, -0.25) is 9.89 Å². The second-order valence-electron chi connectivity index (χ2n) is 3.27. The maximum Gasteiger partial charge on any atom is 0.268 e. The predicted molar refractivity (Wildman–Crippen MR) is 67.7 cm³/mol. The van der Waals surface area contributed by atoms with Gasteiger partial charge in [-0.05, 0) is 40.3 Å². The van der Waals surface area contributed by atoms with E-state index in [2.05, 4.69) is 27.7 Å². The molecule has 0 fully saturated rings. The van der Waals surface area contributed by atoms with E-state index < -0.39 is 0 Å². The number of nitrogens with zero attached hydrogens (tertiary/aromatic N) is 1. The molecule has 0 radical (unpaired) electrons. The number of hydrogen-bond acceptors (Lipinski definition) is 2. The highest BCUT2D eigenvalue weighted by Crippen LogP contribution is 2.08. The fraction of sp³-hybridized carbons (Fsp3) is 0.100. The molecule has 0 aliphatic heterocycles. The van der Waals surface area contributed by atoms with Gasteiger partial charge in [0.1, 0.15) is 5.82 Å². The molecule has 0 saturated carbocycles. The van der Waals surface area contributed by atoms with Crippen molar-refractivity contribution < 1.29 is 0 Å². The van der Waals surface area contributed by atoms with Gasteiger partial charge in [-0.15, -0.1) is 0 Å². The summed E-state index contributed by atoms with van der Waals surface area (Å²) in [6.07, 6.45) is 0. The van der Waals surface area contributed by atoms with Crippen LogP contribution >= 0.6 is 22.6 Å². The van der Waals surface area contributed by atoms with E-state index in [-0.39, 0.29) is 5.56 Å². The molecule has 0 aliphatic carbocycles. The van der Waals surface area contributed by atoms with E-state index in [1.165, 1.54) is 10.7 Å². The zero-order valence-electron chi connectivity index (χ0n) is 7.90. The van der Waals surface area contributed by atoms with Crippen LogP contribution in [0.15, 0.2) is 35.1 Å². The monoisotopic (exact) mass is 315 g/mol. The fourth-order valence-electron chi connectivity index (χ4n) is 1.39. The molecule has 1 heterocycles. The molecule has 15 heavy (non-hydrogen) atoms. The Hall–Kier alpha value is -1.24. The normalized spacial score (nSPS) is 10.5. The molecule has 2 rings (SSSR count). The minimum atomic E-state index is -0.105. The average molecular weight is 315 g/mol. The van der Waals surface area contributed by atoms with Crippen LogP contribution in [0, 0.1) is 3.57 Å². The molecule has 0 aliphatic rings. The summed E-state index contributed by atoms with van der Waals surface area (Å²) in [6, 6.07) is 9.37. The third kappa shape index (κ3) is 2.41. The number of H-pyrrole nitrogens is 1. The molecule has 0 saturated heterocycles. The number of rotatable bonds is 2. The van der Waals surface area contributed by atoms with Crippen LogP contribution in [0.4, 0.5) is 5.82 Å². The van der Waals surface area contributed by atoms with E-state index >= 15 is 0 Å². The van der Waals surface area contributed by atoms with E-state index in [1.807, 2.05) is 24.3 Å². The maximum absolute atomic E-state index is 11.4. The molecule has 0 atom stereocenters. The molecule has 3 N–H and O–H groups in total. The van der Waals surface area contributed by atoms with Crippen molar-refractivity contribution in [2.75, 3.05) is 5.73 Å². The number of aromatic nitrogens is 2. The van der Waals surface area contributed by atoms with Gasteiger partial charge in [0, 0.05) is 9.64 Å². The van der Waals surface area contributed by atoms with Crippen molar-refractivity contribution >= 4 is 28.4 Å². The van der Waals surface area contributed by atoms with Gasteiger partial charge in [-0.25, -0.2) is 4.68 Å². The highest BCUT2D eigenvalue weighted by Gasteiger charge is 2.01. The molecular weight excluding hydrogens is 305 g/mol. The standard InChI is InChI=1S/C10H10IN3O/c11-8-3-1-2-7(4-8)6-14-10(15)5-9(12)13-14/h1-5,13H,6,12H2. The van der Waals surface area contributed by atoms with Gasteiger partial charge in [-0.2, -0.15) is 0 Å². The fourth-order valence-corrected chi connectivity index (χ4v) is 2.00. The number of hydrogen-bond donors (Lipinski definition) is 2. The molecule has 0 unspecified atom stereocenters. The first kappa shape index (κ1) is 10.3. The van der Waals surface area contributed by atoms with Gasteiger partial charge in [-0.1, -0.05) is 12.1 Å². The molecule has 1 aromatic carbocycles. The number of aromatic amines is 1. The molecule has 2 aromatic rings. The minimum Gasteiger partial charge on any atom is -0.384 e. The van der Waals surface area contributed by atoms with E-state index in [0.29, 0.717) is 12.4 Å². The predicted octanol–water partition coefficient (Wildman–Crippen LogP) is 1.41. The van der Waals surface area contributed by atoms with Crippen molar-refractivity contribution in [3.05, 3.63) is 49.8 Å². The van der Waals surface area contributed by atoms with Crippen LogP contribution in [0.1, 0.15) is 5.56 Å². The van der Waals surface area contributed by atoms with Crippen LogP contribution in [0.3, 0.4) is 0 Å². The van der Waals surface area contributed by atoms with Crippen LogP contribution in [-0.4, -0.2) is 9.78 Å². The Morgan fingerprint density at radius 3 is 2.80 bits per heavy atom. The molecule has 0 amide bonds. The number of benzene rings is 1. The van der Waals surface area contributed by atoms with Crippen molar-refractivity contribution in [1.29, 1.82) is 0 Å². The van der Waals surface area contributed by atoms with Gasteiger partial charge < -0.3 is 5.73 Å². The van der Waals surface area contributed by atoms with Crippen LogP contribution in [0.5, 0.6) is 0 Å². The van der Waals surface area contributed by atoms with E-state index in [1.54, 1.807) is 0 Å². The van der Waals surface area contributed by atoms with Crippen LogP contribution in [-0.2, 0) is 6.54 Å². The van der Waals surface area contributed by atoms with Crippen molar-refractivity contribution in [2.45, 2.75) is 6.54 Å². The minimum absolute atomic E-state index is 0.105. The van der Waals surface area contributed by atoms with Gasteiger partial charge in [0.25, 0.3) is 5.56 Å². The van der Waals surface area contributed by atoms with Crippen molar-refractivity contribution in [3.63, 3.8) is 0 Å². The van der Waals surface area contributed by atoms with Crippen LogP contribution in [0.25, 0.3) is 0 Å². The summed E-state index contributed by atoms with van der Waals surface area (Å²) in [5.74, 6) is 0.394. The molecule has 0 spiro atoms. The quantitative estimate of drug-likeness (QED) is 0.823. The van der Waals surface area contributed by atoms with E-state index in [4.69, 9.17) is 5.73 Å². The number of anilines is 1. The first-order valence-corrected chi connectivity index (χ1v) is 5.53. The van der Waals surface area contributed by atoms with Gasteiger partial charge in [0.05, 0.1) is 6.54 Å². The Morgan fingerprint density at radius 1 is 1.40 bits per heavy atom. The molecule has 5 heteroatoms. The Bertz CT molecular complexity index is 529. The number of nitrogen functional groups attached to an aromatic ring is 1. The zero-order valence-corrected chi connectivity index (χ0v) is 10.1. The Balaban J connectivity index is 2.29. The number of nitrogens with two attached hydrogens (primary N) is 1. The summed E-state index contributed by atoms with van der Waals surface area (Å²) < 4.78 is 2.64. The lowest BCUT2D eigenvalue weighted by Gasteiger charge is -2.02. The first-order valence-electron chi connectivity index (χ1n) is 4.45. The maximum atomic E-state index is 11.4. The number of halogens is 1. The van der Waals surface area contributed by atoms with Crippen molar-refractivity contribution in [3.8, 4) is 0 Å². The Labute approximate surface area is 100 Å². The molecule has 4 nitrogen and oxygen atoms in total. The van der Waals surface area contributed by atoms with E-state index in [0.717, 1.165) is 9.13 Å². The van der Waals surface area contributed by atoms with Crippen LogP contribution in [0.2, 0.25) is 0 Å². The Morgan fingerprint density at radius 2 is 2.20 bits per heavy atom. The smallest absolute Gasteiger partial charge is 0.268 e. The summed E-state index contributed by atoms with van der Waals surface area (Å²) in [4.78, 5) is 11.4. The Kier molecular flexibility index (Phi) is 2.81. The third-order valence-electron chi connectivity index (χ3n) is 2.04. The van der Waals surface area contributed by atoms with Crippen molar-refractivity contribution in [2.24, 2.45) is 0 Å². The van der Waals surface area contributed by atoms with Gasteiger partial charge in [0.2, 0.25) is 0 Å². The highest BCUT2D eigenvalue weighted by molar-refractivity contribution is 14.1. The highest BCUT2D eigenvalue weighted by atomic mass is 127. The molecule has 1 aromatic heterocycles. The number of nitrogens with one attached hydrogen (secondary N) is 1. The summed E-state index contributed by atoms with van der Waals surface area (Å²) in [5.41, 5.74) is 6.45.